The lowest BCUT2D eigenvalue weighted by atomic mass is 9.90. The van der Waals surface area contributed by atoms with Gasteiger partial charge < -0.3 is 19.5 Å². The summed E-state index contributed by atoms with van der Waals surface area (Å²) in [5.41, 5.74) is 4.64. The van der Waals surface area contributed by atoms with Crippen LogP contribution in [-0.2, 0) is 25.5 Å². The van der Waals surface area contributed by atoms with Crippen molar-refractivity contribution in [3.8, 4) is 11.1 Å². The van der Waals surface area contributed by atoms with Crippen LogP contribution in [0.25, 0.3) is 11.1 Å². The smallest absolute Gasteiger partial charge is 0.328 e. The number of aryl methyl sites for hydroxylation is 1. The third-order valence-electron chi connectivity index (χ3n) is 8.29. The maximum Gasteiger partial charge on any atom is 0.328 e. The molecule has 2 atom stereocenters. The molecule has 1 saturated carbocycles. The molecule has 41 heavy (non-hydrogen) atoms. The van der Waals surface area contributed by atoms with E-state index in [9.17, 15) is 9.59 Å². The second kappa shape index (κ2) is 16.3. The quantitative estimate of drug-likeness (QED) is 0.313. The molecular weight excluding hydrogens is 536 g/mol. The second-order valence-electron chi connectivity index (χ2n) is 11.3. The minimum absolute atomic E-state index is 0.203. The van der Waals surface area contributed by atoms with Crippen molar-refractivity contribution in [1.29, 1.82) is 0 Å². The van der Waals surface area contributed by atoms with E-state index in [0.717, 1.165) is 47.7 Å². The van der Waals surface area contributed by atoms with E-state index in [1.807, 2.05) is 36.6 Å². The molecule has 8 heteroatoms. The molecule has 224 valence electrons. The standard InChI is InChI=1S/C33H46N2O5S/c1-24-9-7-8-12-28(24)30-19-26(13-14-29(30)32(36)34-31(15-18-41-3)33(37)38-2)20-35-16-17-39-22-27(35)23-40-21-25-10-5-4-6-11-25/h7-9,12-14,19,25,27,31H,4-6,10-11,15-18,20-23H2,1-3H3,(H,34,36)/t27-,31-/m0/s1. The van der Waals surface area contributed by atoms with E-state index in [2.05, 4.69) is 29.3 Å². The van der Waals surface area contributed by atoms with Crippen molar-refractivity contribution in [3.63, 3.8) is 0 Å². The molecule has 2 fully saturated rings. The number of hydrogen-bond acceptors (Lipinski definition) is 7. The van der Waals surface area contributed by atoms with Crippen LogP contribution < -0.4 is 5.32 Å². The van der Waals surface area contributed by atoms with Crippen molar-refractivity contribution < 1.29 is 23.8 Å². The molecule has 0 radical (unpaired) electrons. The fourth-order valence-electron chi connectivity index (χ4n) is 5.86. The van der Waals surface area contributed by atoms with E-state index in [0.29, 0.717) is 37.7 Å². The zero-order chi connectivity index (χ0) is 29.0. The van der Waals surface area contributed by atoms with Crippen LogP contribution in [0.3, 0.4) is 0 Å². The number of amides is 1. The summed E-state index contributed by atoms with van der Waals surface area (Å²) < 4.78 is 17.0. The van der Waals surface area contributed by atoms with E-state index in [1.54, 1.807) is 11.8 Å². The van der Waals surface area contributed by atoms with Gasteiger partial charge in [-0.15, -0.1) is 0 Å². The number of nitrogens with zero attached hydrogens (tertiary/aromatic N) is 1. The zero-order valence-corrected chi connectivity index (χ0v) is 25.7. The Labute approximate surface area is 249 Å². The predicted molar refractivity (Wildman–Crippen MR) is 165 cm³/mol. The first-order valence-corrected chi connectivity index (χ1v) is 16.4. The Morgan fingerprint density at radius 2 is 1.90 bits per heavy atom. The normalized spacial score (nSPS) is 19.0. The van der Waals surface area contributed by atoms with Crippen molar-refractivity contribution in [1.82, 2.24) is 10.2 Å². The number of hydrogen-bond donors (Lipinski definition) is 1. The number of esters is 1. The van der Waals surface area contributed by atoms with Gasteiger partial charge in [-0.05, 0) is 78.5 Å². The van der Waals surface area contributed by atoms with E-state index in [1.165, 1.54) is 39.2 Å². The molecule has 4 rings (SSSR count). The molecule has 1 saturated heterocycles. The number of carbonyl (C=O) groups is 2. The first kappa shape index (κ1) is 31.5. The van der Waals surface area contributed by atoms with Crippen molar-refractivity contribution >= 4 is 23.6 Å². The van der Waals surface area contributed by atoms with Gasteiger partial charge in [0.2, 0.25) is 0 Å². The minimum atomic E-state index is -0.688. The number of methoxy groups -OCH3 is 1. The molecule has 1 aliphatic heterocycles. The number of rotatable bonds is 13. The number of ether oxygens (including phenoxy) is 3. The summed E-state index contributed by atoms with van der Waals surface area (Å²) in [6, 6.07) is 13.7. The van der Waals surface area contributed by atoms with Crippen LogP contribution in [-0.4, -0.2) is 81.0 Å². The van der Waals surface area contributed by atoms with E-state index in [-0.39, 0.29) is 11.9 Å². The Morgan fingerprint density at radius 3 is 2.66 bits per heavy atom. The van der Waals surface area contributed by atoms with Gasteiger partial charge >= 0.3 is 5.97 Å². The summed E-state index contributed by atoms with van der Waals surface area (Å²) in [4.78, 5) is 28.4. The highest BCUT2D eigenvalue weighted by atomic mass is 32.2. The van der Waals surface area contributed by atoms with E-state index < -0.39 is 12.0 Å². The molecule has 0 spiro atoms. The van der Waals surface area contributed by atoms with E-state index >= 15 is 0 Å². The fraction of sp³-hybridized carbons (Fsp3) is 0.576. The van der Waals surface area contributed by atoms with Gasteiger partial charge in [0.15, 0.2) is 0 Å². The van der Waals surface area contributed by atoms with E-state index in [4.69, 9.17) is 14.2 Å². The van der Waals surface area contributed by atoms with Gasteiger partial charge in [0.25, 0.3) is 5.91 Å². The highest BCUT2D eigenvalue weighted by molar-refractivity contribution is 7.98. The molecule has 0 bridgehead atoms. The molecule has 2 aliphatic rings. The summed E-state index contributed by atoms with van der Waals surface area (Å²) in [6.45, 7) is 6.54. The molecular formula is C33H46N2O5S. The zero-order valence-electron chi connectivity index (χ0n) is 24.9. The van der Waals surface area contributed by atoms with Crippen LogP contribution in [0.15, 0.2) is 42.5 Å². The Kier molecular flexibility index (Phi) is 12.5. The molecule has 2 aromatic rings. The average Bonchev–Trinajstić information content (AvgIpc) is 3.00. The summed E-state index contributed by atoms with van der Waals surface area (Å²) >= 11 is 1.63. The lowest BCUT2D eigenvalue weighted by molar-refractivity contribution is -0.142. The first-order valence-electron chi connectivity index (χ1n) is 15.0. The van der Waals surface area contributed by atoms with Gasteiger partial charge in [0, 0.05) is 25.3 Å². The number of morpholine rings is 1. The summed E-state index contributed by atoms with van der Waals surface area (Å²) in [6.07, 6.45) is 9.06. The van der Waals surface area contributed by atoms with Gasteiger partial charge in [-0.2, -0.15) is 11.8 Å². The first-order chi connectivity index (χ1) is 20.0. The lowest BCUT2D eigenvalue weighted by Gasteiger charge is -2.36. The predicted octanol–water partition coefficient (Wildman–Crippen LogP) is 5.48. The van der Waals surface area contributed by atoms with Crippen molar-refractivity contribution in [2.24, 2.45) is 5.92 Å². The van der Waals surface area contributed by atoms with Gasteiger partial charge in [0.1, 0.15) is 6.04 Å². The Hall–Kier alpha value is -2.39. The number of thioether (sulfide) groups is 1. The van der Waals surface area contributed by atoms with Crippen LogP contribution >= 0.6 is 11.8 Å². The van der Waals surface area contributed by atoms with Crippen LogP contribution in [0.4, 0.5) is 0 Å². The summed E-state index contributed by atoms with van der Waals surface area (Å²) in [5, 5.41) is 2.94. The number of carbonyl (C=O) groups excluding carboxylic acids is 2. The molecule has 1 aliphatic carbocycles. The molecule has 2 aromatic carbocycles. The average molecular weight is 583 g/mol. The van der Waals surface area contributed by atoms with Crippen molar-refractivity contribution in [3.05, 3.63) is 59.2 Å². The monoisotopic (exact) mass is 582 g/mol. The van der Waals surface area contributed by atoms with Crippen LogP contribution in [0.2, 0.25) is 0 Å². The Bertz CT molecular complexity index is 1140. The fourth-order valence-corrected chi connectivity index (χ4v) is 6.33. The second-order valence-corrected chi connectivity index (χ2v) is 12.3. The van der Waals surface area contributed by atoms with Crippen LogP contribution in [0.5, 0.6) is 0 Å². The summed E-state index contributed by atoms with van der Waals surface area (Å²) in [5.74, 6) is 0.739. The van der Waals surface area contributed by atoms with Crippen molar-refractivity contribution in [2.45, 2.75) is 64.1 Å². The maximum atomic E-state index is 13.6. The number of nitrogens with one attached hydrogen (secondary N) is 1. The SMILES string of the molecule is COC(=O)[C@H](CCSC)NC(=O)c1ccc(CN2CCOC[C@H]2COCC2CCCCC2)cc1-c1ccccc1C. The van der Waals surface area contributed by atoms with Crippen LogP contribution in [0.1, 0.15) is 60.0 Å². The third kappa shape index (κ3) is 9.05. The van der Waals surface area contributed by atoms with Crippen LogP contribution in [0, 0.1) is 12.8 Å². The van der Waals surface area contributed by atoms with Gasteiger partial charge in [-0.25, -0.2) is 4.79 Å². The Morgan fingerprint density at radius 1 is 1.10 bits per heavy atom. The minimum Gasteiger partial charge on any atom is -0.467 e. The highest BCUT2D eigenvalue weighted by Gasteiger charge is 2.26. The topological polar surface area (TPSA) is 77.1 Å². The largest absolute Gasteiger partial charge is 0.467 e. The third-order valence-corrected chi connectivity index (χ3v) is 8.93. The molecule has 1 N–H and O–H groups in total. The molecule has 7 nitrogen and oxygen atoms in total. The van der Waals surface area contributed by atoms with Crippen molar-refractivity contribution in [2.75, 3.05) is 52.1 Å². The highest BCUT2D eigenvalue weighted by Crippen LogP contribution is 2.29. The molecule has 1 heterocycles. The van der Waals surface area contributed by atoms with Gasteiger partial charge in [-0.1, -0.05) is 49.6 Å². The molecule has 0 aromatic heterocycles. The Balaban J connectivity index is 1.52. The summed E-state index contributed by atoms with van der Waals surface area (Å²) in [7, 11) is 1.36. The van der Waals surface area contributed by atoms with Gasteiger partial charge in [0.05, 0.1) is 33.0 Å². The molecule has 0 unspecified atom stereocenters. The number of benzene rings is 2. The molecule has 1 amide bonds. The maximum absolute atomic E-state index is 13.6. The lowest BCUT2D eigenvalue weighted by Crippen LogP contribution is -2.47. The van der Waals surface area contributed by atoms with Gasteiger partial charge in [-0.3, -0.25) is 9.69 Å².